The maximum atomic E-state index is 11.8. The van der Waals surface area contributed by atoms with E-state index in [1.165, 1.54) is 0 Å². The van der Waals surface area contributed by atoms with Crippen LogP contribution in [0.25, 0.3) is 0 Å². The Kier molecular flexibility index (Phi) is 5.14. The zero-order valence-electron chi connectivity index (χ0n) is 8.34. The third-order valence-electron chi connectivity index (χ3n) is 1.73. The number of hydrogen-bond acceptors (Lipinski definition) is 2. The van der Waals surface area contributed by atoms with Crippen LogP contribution in [0.15, 0.2) is 24.3 Å². The van der Waals surface area contributed by atoms with Crippen LogP contribution in [0.1, 0.15) is 0 Å². The van der Waals surface area contributed by atoms with Gasteiger partial charge in [0, 0.05) is 0 Å². The van der Waals surface area contributed by atoms with Gasteiger partial charge in [0.1, 0.15) is 0 Å². The predicted octanol–water partition coefficient (Wildman–Crippen LogP) is 2.13. The highest BCUT2D eigenvalue weighted by molar-refractivity contribution is 6.33. The minimum Gasteiger partial charge on any atom is -0.324 e. The van der Waals surface area contributed by atoms with Gasteiger partial charge in [0.05, 0.1) is 23.8 Å². The molecule has 16 heavy (non-hydrogen) atoms. The van der Waals surface area contributed by atoms with Crippen LogP contribution in [0.4, 0.5) is 14.5 Å². The summed E-state index contributed by atoms with van der Waals surface area (Å²) in [4.78, 5) is 11.3. The number of hydrogen-bond donors (Lipinski definition) is 2. The van der Waals surface area contributed by atoms with Crippen LogP contribution in [-0.2, 0) is 4.79 Å². The van der Waals surface area contributed by atoms with Gasteiger partial charge in [-0.05, 0) is 12.1 Å². The van der Waals surface area contributed by atoms with Gasteiger partial charge in [0.15, 0.2) is 0 Å². The predicted molar refractivity (Wildman–Crippen MR) is 59.0 cm³/mol. The van der Waals surface area contributed by atoms with E-state index in [0.717, 1.165) is 0 Å². The molecule has 0 radical (unpaired) electrons. The first-order chi connectivity index (χ1) is 7.59. The Labute approximate surface area is 96.8 Å². The summed E-state index contributed by atoms with van der Waals surface area (Å²) in [5, 5.41) is 5.23. The highest BCUT2D eigenvalue weighted by Crippen LogP contribution is 2.19. The van der Waals surface area contributed by atoms with Crippen molar-refractivity contribution < 1.29 is 13.6 Å². The van der Waals surface area contributed by atoms with Gasteiger partial charge in [-0.25, -0.2) is 8.78 Å². The molecule has 0 aliphatic rings. The maximum Gasteiger partial charge on any atom is 0.250 e. The van der Waals surface area contributed by atoms with Crippen LogP contribution < -0.4 is 10.6 Å². The lowest BCUT2D eigenvalue weighted by Gasteiger charge is -2.07. The van der Waals surface area contributed by atoms with Crippen molar-refractivity contribution in [3.8, 4) is 0 Å². The Morgan fingerprint density at radius 1 is 1.38 bits per heavy atom. The largest absolute Gasteiger partial charge is 0.324 e. The molecule has 0 heterocycles. The summed E-state index contributed by atoms with van der Waals surface area (Å²) in [7, 11) is 0. The third kappa shape index (κ3) is 4.55. The summed E-state index contributed by atoms with van der Waals surface area (Å²) in [6.45, 7) is -0.675. The van der Waals surface area contributed by atoms with Crippen molar-refractivity contribution in [1.82, 2.24) is 5.32 Å². The Morgan fingerprint density at radius 2 is 2.06 bits per heavy atom. The van der Waals surface area contributed by atoms with Gasteiger partial charge in [0.2, 0.25) is 5.91 Å². The molecule has 0 atom stereocenters. The highest BCUT2D eigenvalue weighted by Gasteiger charge is 2.06. The lowest BCUT2D eigenvalue weighted by molar-refractivity contribution is -0.115. The van der Waals surface area contributed by atoms with Crippen LogP contribution in [-0.4, -0.2) is 25.4 Å². The number of halogens is 3. The second kappa shape index (κ2) is 6.40. The quantitative estimate of drug-likeness (QED) is 0.838. The summed E-state index contributed by atoms with van der Waals surface area (Å²) in [6, 6.07) is 6.71. The molecule has 0 spiro atoms. The molecular formula is C10H11ClF2N2O. The normalized spacial score (nSPS) is 10.5. The SMILES string of the molecule is O=C(CNCC(F)F)Nc1ccccc1Cl. The second-order valence-electron chi connectivity index (χ2n) is 3.05. The first kappa shape index (κ1) is 12.9. The zero-order chi connectivity index (χ0) is 12.0. The van der Waals surface area contributed by atoms with Crippen LogP contribution in [0.2, 0.25) is 5.02 Å². The Morgan fingerprint density at radius 3 is 2.69 bits per heavy atom. The molecular weight excluding hydrogens is 238 g/mol. The van der Waals surface area contributed by atoms with Gasteiger partial charge in [-0.15, -0.1) is 0 Å². The minimum absolute atomic E-state index is 0.171. The Balaban J connectivity index is 2.37. The lowest BCUT2D eigenvalue weighted by Crippen LogP contribution is -2.31. The van der Waals surface area contributed by atoms with Crippen molar-refractivity contribution in [2.24, 2.45) is 0 Å². The summed E-state index contributed by atoms with van der Waals surface area (Å²) < 4.78 is 23.5. The molecule has 0 aliphatic carbocycles. The zero-order valence-corrected chi connectivity index (χ0v) is 9.10. The standard InChI is InChI=1S/C10H11ClF2N2O/c11-7-3-1-2-4-8(7)15-10(16)6-14-5-9(12)13/h1-4,9,14H,5-6H2,(H,15,16). The lowest BCUT2D eigenvalue weighted by atomic mass is 10.3. The fourth-order valence-corrected chi connectivity index (χ4v) is 1.23. The molecule has 88 valence electrons. The first-order valence-electron chi connectivity index (χ1n) is 4.63. The van der Waals surface area contributed by atoms with E-state index in [1.807, 2.05) is 0 Å². The van der Waals surface area contributed by atoms with E-state index in [2.05, 4.69) is 10.6 Å². The fraction of sp³-hybridized carbons (Fsp3) is 0.300. The van der Waals surface area contributed by atoms with Gasteiger partial charge < -0.3 is 10.6 Å². The number of rotatable bonds is 5. The van der Waals surface area contributed by atoms with E-state index in [4.69, 9.17) is 11.6 Å². The van der Waals surface area contributed by atoms with Crippen molar-refractivity contribution in [3.05, 3.63) is 29.3 Å². The monoisotopic (exact) mass is 248 g/mol. The van der Waals surface area contributed by atoms with Crippen LogP contribution in [0.5, 0.6) is 0 Å². The van der Waals surface area contributed by atoms with Crippen molar-refractivity contribution in [1.29, 1.82) is 0 Å². The molecule has 0 saturated carbocycles. The molecule has 0 fully saturated rings. The topological polar surface area (TPSA) is 41.1 Å². The number of carbonyl (C=O) groups is 1. The van der Waals surface area contributed by atoms with Crippen LogP contribution in [0, 0.1) is 0 Å². The maximum absolute atomic E-state index is 11.8. The molecule has 1 aromatic carbocycles. The molecule has 0 aliphatic heterocycles. The number of carbonyl (C=O) groups excluding carboxylic acids is 1. The number of amides is 1. The number of nitrogens with one attached hydrogen (secondary N) is 2. The third-order valence-corrected chi connectivity index (χ3v) is 2.06. The summed E-state index contributed by atoms with van der Waals surface area (Å²) in [5.41, 5.74) is 0.466. The second-order valence-corrected chi connectivity index (χ2v) is 3.46. The van der Waals surface area contributed by atoms with E-state index >= 15 is 0 Å². The molecule has 0 aromatic heterocycles. The van der Waals surface area contributed by atoms with E-state index in [0.29, 0.717) is 10.7 Å². The van der Waals surface area contributed by atoms with Gasteiger partial charge in [-0.3, -0.25) is 4.79 Å². The minimum atomic E-state index is -2.46. The first-order valence-corrected chi connectivity index (χ1v) is 5.00. The Bertz CT molecular complexity index is 360. The molecule has 1 aromatic rings. The number of para-hydroxylation sites is 1. The van der Waals surface area contributed by atoms with E-state index in [9.17, 15) is 13.6 Å². The van der Waals surface area contributed by atoms with E-state index in [1.54, 1.807) is 24.3 Å². The van der Waals surface area contributed by atoms with E-state index < -0.39 is 18.9 Å². The smallest absolute Gasteiger partial charge is 0.250 e. The van der Waals surface area contributed by atoms with Crippen LogP contribution >= 0.6 is 11.6 Å². The molecule has 0 bridgehead atoms. The number of anilines is 1. The molecule has 6 heteroatoms. The molecule has 0 unspecified atom stereocenters. The van der Waals surface area contributed by atoms with Gasteiger partial charge >= 0.3 is 0 Å². The van der Waals surface area contributed by atoms with E-state index in [-0.39, 0.29) is 6.54 Å². The number of benzene rings is 1. The molecule has 0 saturated heterocycles. The highest BCUT2D eigenvalue weighted by atomic mass is 35.5. The molecule has 3 nitrogen and oxygen atoms in total. The number of alkyl halides is 2. The average Bonchev–Trinajstić information content (AvgIpc) is 2.21. The summed E-state index contributed by atoms with van der Waals surface area (Å²) in [5.74, 6) is -0.409. The van der Waals surface area contributed by atoms with Crippen molar-refractivity contribution in [2.45, 2.75) is 6.43 Å². The van der Waals surface area contributed by atoms with Crippen LogP contribution in [0.3, 0.4) is 0 Å². The van der Waals surface area contributed by atoms with Crippen molar-refractivity contribution in [2.75, 3.05) is 18.4 Å². The molecule has 2 N–H and O–H groups in total. The van der Waals surface area contributed by atoms with Gasteiger partial charge in [-0.2, -0.15) is 0 Å². The van der Waals surface area contributed by atoms with Crippen molar-refractivity contribution in [3.63, 3.8) is 0 Å². The summed E-state index contributed by atoms with van der Waals surface area (Å²) >= 11 is 5.80. The fourth-order valence-electron chi connectivity index (χ4n) is 1.05. The van der Waals surface area contributed by atoms with Crippen molar-refractivity contribution >= 4 is 23.2 Å². The Hall–Kier alpha value is -1.20. The summed E-state index contributed by atoms with van der Waals surface area (Å²) in [6.07, 6.45) is -2.46. The molecule has 1 amide bonds. The average molecular weight is 249 g/mol. The molecule has 1 rings (SSSR count). The van der Waals surface area contributed by atoms with Gasteiger partial charge in [-0.1, -0.05) is 23.7 Å². The van der Waals surface area contributed by atoms with Gasteiger partial charge in [0.25, 0.3) is 6.43 Å².